The predicted molar refractivity (Wildman–Crippen MR) is 142 cm³/mol. The summed E-state index contributed by atoms with van der Waals surface area (Å²) in [5.41, 5.74) is 2.73. The lowest BCUT2D eigenvalue weighted by atomic mass is 10.0. The third kappa shape index (κ3) is 6.24. The van der Waals surface area contributed by atoms with Crippen molar-refractivity contribution in [1.82, 2.24) is 14.8 Å². The zero-order valence-corrected chi connectivity index (χ0v) is 21.4. The molecule has 1 amide bonds. The maximum absolute atomic E-state index is 12.6. The average molecular weight is 507 g/mol. The van der Waals surface area contributed by atoms with Gasteiger partial charge < -0.3 is 10.1 Å². The van der Waals surface area contributed by atoms with E-state index in [1.165, 1.54) is 17.3 Å². The molecule has 1 unspecified atom stereocenters. The van der Waals surface area contributed by atoms with Crippen LogP contribution in [0, 0.1) is 0 Å². The summed E-state index contributed by atoms with van der Waals surface area (Å²) < 4.78 is 8.13. The monoisotopic (exact) mass is 506 g/mol. The Bertz CT molecular complexity index is 1280. The zero-order valence-electron chi connectivity index (χ0n) is 19.8. The number of anilines is 1. The minimum Gasteiger partial charge on any atom is -0.483 e. The number of benzene rings is 3. The van der Waals surface area contributed by atoms with E-state index >= 15 is 0 Å². The number of carbonyl (C=O) groups excluding carboxylic acids is 1. The normalized spacial score (nSPS) is 11.9. The number of aromatic nitrogens is 3. The van der Waals surface area contributed by atoms with E-state index in [2.05, 4.69) is 41.5 Å². The Labute approximate surface area is 214 Å². The van der Waals surface area contributed by atoms with Crippen molar-refractivity contribution in [3.05, 3.63) is 95.3 Å². The average Bonchev–Trinajstić information content (AvgIpc) is 3.29. The molecule has 8 heteroatoms. The van der Waals surface area contributed by atoms with Gasteiger partial charge in [0.25, 0.3) is 0 Å². The second-order valence-corrected chi connectivity index (χ2v) is 9.66. The fourth-order valence-corrected chi connectivity index (χ4v) is 4.47. The Morgan fingerprint density at radius 1 is 0.971 bits per heavy atom. The van der Waals surface area contributed by atoms with Crippen molar-refractivity contribution in [2.24, 2.45) is 0 Å². The summed E-state index contributed by atoms with van der Waals surface area (Å²) in [6.07, 6.45) is -0.362. The van der Waals surface area contributed by atoms with Gasteiger partial charge in [0.1, 0.15) is 5.75 Å². The first-order valence-electron chi connectivity index (χ1n) is 11.4. The molecule has 3 aromatic carbocycles. The van der Waals surface area contributed by atoms with Crippen molar-refractivity contribution in [3.8, 4) is 11.4 Å². The third-order valence-corrected chi connectivity index (χ3v) is 6.63. The van der Waals surface area contributed by atoms with E-state index in [4.69, 9.17) is 16.3 Å². The van der Waals surface area contributed by atoms with Gasteiger partial charge >= 0.3 is 0 Å². The van der Waals surface area contributed by atoms with Crippen LogP contribution in [0.1, 0.15) is 44.2 Å². The van der Waals surface area contributed by atoms with Crippen molar-refractivity contribution >= 4 is 35.0 Å². The summed E-state index contributed by atoms with van der Waals surface area (Å²) in [5, 5.41) is 12.7. The molecule has 0 saturated heterocycles. The number of carbonyl (C=O) groups is 1. The molecule has 0 spiro atoms. The number of rotatable bonds is 9. The van der Waals surface area contributed by atoms with Crippen LogP contribution in [0.15, 0.2) is 84.0 Å². The van der Waals surface area contributed by atoms with Crippen LogP contribution in [0.5, 0.6) is 5.75 Å². The summed E-state index contributed by atoms with van der Waals surface area (Å²) >= 11 is 7.46. The Hall–Kier alpha value is -3.29. The number of para-hydroxylation sites is 2. The molecular weight excluding hydrogens is 480 g/mol. The lowest BCUT2D eigenvalue weighted by Gasteiger charge is -2.17. The van der Waals surface area contributed by atoms with Crippen LogP contribution in [0.3, 0.4) is 0 Å². The first-order chi connectivity index (χ1) is 16.9. The lowest BCUT2D eigenvalue weighted by molar-refractivity contribution is -0.113. The van der Waals surface area contributed by atoms with Gasteiger partial charge in [0, 0.05) is 5.69 Å². The molecule has 6 nitrogen and oxygen atoms in total. The molecule has 0 aliphatic rings. The largest absolute Gasteiger partial charge is 0.483 e. The minimum absolute atomic E-state index is 0.155. The molecule has 4 aromatic rings. The smallest absolute Gasteiger partial charge is 0.234 e. The molecule has 0 bridgehead atoms. The van der Waals surface area contributed by atoms with Gasteiger partial charge in [-0.3, -0.25) is 9.36 Å². The molecule has 0 aliphatic heterocycles. The van der Waals surface area contributed by atoms with Crippen LogP contribution in [-0.4, -0.2) is 26.4 Å². The molecule has 1 aromatic heterocycles. The molecule has 0 radical (unpaired) electrons. The maximum atomic E-state index is 12.6. The number of ether oxygens (including phenoxy) is 1. The molecule has 1 heterocycles. The molecule has 0 fully saturated rings. The van der Waals surface area contributed by atoms with Crippen molar-refractivity contribution in [3.63, 3.8) is 0 Å². The van der Waals surface area contributed by atoms with Gasteiger partial charge in [-0.15, -0.1) is 10.2 Å². The van der Waals surface area contributed by atoms with Crippen LogP contribution in [-0.2, 0) is 4.79 Å². The topological polar surface area (TPSA) is 69.0 Å². The van der Waals surface area contributed by atoms with Gasteiger partial charge in [0.15, 0.2) is 17.1 Å². The summed E-state index contributed by atoms with van der Waals surface area (Å²) in [7, 11) is 0. The van der Waals surface area contributed by atoms with E-state index in [0.717, 1.165) is 11.4 Å². The molecule has 4 rings (SSSR count). The number of thioether (sulfide) groups is 1. The number of amides is 1. The van der Waals surface area contributed by atoms with Gasteiger partial charge in [0.05, 0.1) is 16.5 Å². The number of nitrogens with zero attached hydrogens (tertiary/aromatic N) is 3. The van der Waals surface area contributed by atoms with E-state index in [-0.39, 0.29) is 17.8 Å². The molecule has 1 N–H and O–H groups in total. The van der Waals surface area contributed by atoms with Crippen LogP contribution in [0.2, 0.25) is 5.02 Å². The molecule has 35 heavy (non-hydrogen) atoms. The quantitative estimate of drug-likeness (QED) is 0.250. The first-order valence-corrected chi connectivity index (χ1v) is 12.7. The van der Waals surface area contributed by atoms with Crippen molar-refractivity contribution < 1.29 is 9.53 Å². The van der Waals surface area contributed by atoms with E-state index < -0.39 is 0 Å². The highest BCUT2D eigenvalue weighted by atomic mass is 35.5. The zero-order chi connectivity index (χ0) is 24.8. The maximum Gasteiger partial charge on any atom is 0.234 e. The number of halogens is 1. The summed E-state index contributed by atoms with van der Waals surface area (Å²) in [6, 6.07) is 25.1. The molecule has 0 saturated carbocycles. The third-order valence-electron chi connectivity index (χ3n) is 5.38. The van der Waals surface area contributed by atoms with E-state index in [1.807, 2.05) is 66.1 Å². The van der Waals surface area contributed by atoms with E-state index in [9.17, 15) is 4.79 Å². The van der Waals surface area contributed by atoms with Crippen LogP contribution in [0.4, 0.5) is 5.69 Å². The predicted octanol–water partition coefficient (Wildman–Crippen LogP) is 6.91. The van der Waals surface area contributed by atoms with Crippen LogP contribution >= 0.6 is 23.4 Å². The second kappa shape index (κ2) is 11.4. The molecule has 180 valence electrons. The second-order valence-electron chi connectivity index (χ2n) is 8.31. The van der Waals surface area contributed by atoms with Gasteiger partial charge in [0.2, 0.25) is 5.91 Å². The van der Waals surface area contributed by atoms with Gasteiger partial charge in [-0.05, 0) is 54.8 Å². The lowest BCUT2D eigenvalue weighted by Crippen LogP contribution is -2.15. The van der Waals surface area contributed by atoms with Crippen LogP contribution < -0.4 is 10.1 Å². The highest BCUT2D eigenvalue weighted by Gasteiger charge is 2.22. The Morgan fingerprint density at radius 2 is 1.66 bits per heavy atom. The summed E-state index contributed by atoms with van der Waals surface area (Å²) in [6.45, 7) is 6.27. The highest BCUT2D eigenvalue weighted by molar-refractivity contribution is 7.99. The number of hydrogen-bond acceptors (Lipinski definition) is 5. The van der Waals surface area contributed by atoms with Gasteiger partial charge in [-0.25, -0.2) is 0 Å². The van der Waals surface area contributed by atoms with Gasteiger partial charge in [-0.2, -0.15) is 0 Å². The fraction of sp³-hybridized carbons (Fsp3) is 0.222. The Kier molecular flexibility index (Phi) is 8.10. The van der Waals surface area contributed by atoms with Gasteiger partial charge in [-0.1, -0.05) is 79.7 Å². The SMILES string of the molecule is CC(C)c1ccc(OC(C)c2nnc(SCC(=O)Nc3ccccc3Cl)n2-c2ccccc2)cc1. The van der Waals surface area contributed by atoms with Crippen molar-refractivity contribution in [2.75, 3.05) is 11.1 Å². The van der Waals surface area contributed by atoms with E-state index in [1.54, 1.807) is 12.1 Å². The molecule has 1 atom stereocenters. The standard InChI is InChI=1S/C27H27ClN4O2S/c1-18(2)20-13-15-22(16-14-20)34-19(3)26-30-31-27(32(26)21-9-5-4-6-10-21)35-17-25(33)29-24-12-8-7-11-23(24)28/h4-16,18-19H,17H2,1-3H3,(H,29,33). The summed E-state index contributed by atoms with van der Waals surface area (Å²) in [4.78, 5) is 12.6. The Balaban J connectivity index is 1.53. The van der Waals surface area contributed by atoms with E-state index in [0.29, 0.717) is 27.6 Å². The number of nitrogens with one attached hydrogen (secondary N) is 1. The summed E-state index contributed by atoms with van der Waals surface area (Å²) in [5.74, 6) is 1.84. The minimum atomic E-state index is -0.362. The van der Waals surface area contributed by atoms with Crippen molar-refractivity contribution in [1.29, 1.82) is 0 Å². The van der Waals surface area contributed by atoms with Crippen LogP contribution in [0.25, 0.3) is 5.69 Å². The number of hydrogen-bond donors (Lipinski definition) is 1. The molecule has 0 aliphatic carbocycles. The van der Waals surface area contributed by atoms with Crippen molar-refractivity contribution in [2.45, 2.75) is 37.9 Å². The highest BCUT2D eigenvalue weighted by Crippen LogP contribution is 2.29. The fourth-order valence-electron chi connectivity index (χ4n) is 3.52. The molecular formula is C27H27ClN4O2S. The first kappa shape index (κ1) is 24.8. The Morgan fingerprint density at radius 3 is 2.34 bits per heavy atom.